The summed E-state index contributed by atoms with van der Waals surface area (Å²) in [5.74, 6) is 0. The molecule has 0 radical (unpaired) electrons. The molecule has 0 aromatic heterocycles. The van der Waals surface area contributed by atoms with Gasteiger partial charge in [0.25, 0.3) is 0 Å². The molecule has 0 fully saturated rings. The molecule has 1 rings (SSSR count). The molecule has 0 amide bonds. The van der Waals surface area contributed by atoms with Crippen molar-refractivity contribution in [1.82, 2.24) is 0 Å². The first kappa shape index (κ1) is 11.2. The van der Waals surface area contributed by atoms with Gasteiger partial charge in [0.05, 0.1) is 6.61 Å². The fourth-order valence-electron chi connectivity index (χ4n) is 1.44. The van der Waals surface area contributed by atoms with Gasteiger partial charge < -0.3 is 10.5 Å². The van der Waals surface area contributed by atoms with Crippen LogP contribution in [0.25, 0.3) is 0 Å². The smallest absolute Gasteiger partial charge is 0.0713 e. The van der Waals surface area contributed by atoms with E-state index >= 15 is 0 Å². The largest absolute Gasteiger partial charge is 0.380 e. The number of nitrogens with two attached hydrogens (primary N) is 1. The van der Waals surface area contributed by atoms with Crippen LogP contribution in [-0.2, 0) is 17.8 Å². The average molecular weight is 193 g/mol. The molecular weight excluding hydrogens is 174 g/mol. The van der Waals surface area contributed by atoms with E-state index < -0.39 is 0 Å². The van der Waals surface area contributed by atoms with Crippen LogP contribution >= 0.6 is 0 Å². The number of methoxy groups -OCH3 is 1. The molecule has 0 atom stereocenters. The van der Waals surface area contributed by atoms with Crippen molar-refractivity contribution in [2.45, 2.75) is 25.9 Å². The summed E-state index contributed by atoms with van der Waals surface area (Å²) in [6, 6.07) is 8.60. The van der Waals surface area contributed by atoms with Gasteiger partial charge in [0.1, 0.15) is 0 Å². The van der Waals surface area contributed by atoms with Gasteiger partial charge >= 0.3 is 0 Å². The third-order valence-electron chi connectivity index (χ3n) is 2.25. The van der Waals surface area contributed by atoms with E-state index in [1.165, 1.54) is 17.5 Å². The van der Waals surface area contributed by atoms with Gasteiger partial charge in [-0.2, -0.15) is 0 Å². The topological polar surface area (TPSA) is 35.2 Å². The van der Waals surface area contributed by atoms with Gasteiger partial charge in [-0.25, -0.2) is 0 Å². The zero-order valence-corrected chi connectivity index (χ0v) is 8.83. The normalized spacial score (nSPS) is 10.4. The highest BCUT2D eigenvalue weighted by atomic mass is 16.5. The number of hydrogen-bond acceptors (Lipinski definition) is 2. The van der Waals surface area contributed by atoms with Crippen molar-refractivity contribution < 1.29 is 4.74 Å². The molecular formula is C12H19NO. The molecule has 0 aliphatic carbocycles. The average Bonchev–Trinajstić information content (AvgIpc) is 2.21. The fraction of sp³-hybridized carbons (Fsp3) is 0.500. The summed E-state index contributed by atoms with van der Waals surface area (Å²) in [7, 11) is 1.72. The fourth-order valence-corrected chi connectivity index (χ4v) is 1.44. The van der Waals surface area contributed by atoms with Crippen LogP contribution in [0.4, 0.5) is 0 Å². The summed E-state index contributed by atoms with van der Waals surface area (Å²) in [6.07, 6.45) is 3.42. The number of aryl methyl sites for hydroxylation is 1. The van der Waals surface area contributed by atoms with Gasteiger partial charge in [0.15, 0.2) is 0 Å². The standard InChI is InChI=1S/C12H19NO/c1-14-10-12-7-5-11(6-8-12)4-2-3-9-13/h5-8H,2-4,9-10,13H2,1H3. The van der Waals surface area contributed by atoms with Gasteiger partial charge in [0.2, 0.25) is 0 Å². The maximum Gasteiger partial charge on any atom is 0.0713 e. The molecule has 0 aliphatic rings. The predicted molar refractivity (Wildman–Crippen MR) is 59.1 cm³/mol. The second-order valence-corrected chi connectivity index (χ2v) is 3.50. The molecule has 0 aliphatic heterocycles. The van der Waals surface area contributed by atoms with Gasteiger partial charge in [0, 0.05) is 7.11 Å². The van der Waals surface area contributed by atoms with Gasteiger partial charge in [-0.15, -0.1) is 0 Å². The lowest BCUT2D eigenvalue weighted by molar-refractivity contribution is 0.185. The molecule has 2 N–H and O–H groups in total. The minimum absolute atomic E-state index is 0.697. The summed E-state index contributed by atoms with van der Waals surface area (Å²) >= 11 is 0. The van der Waals surface area contributed by atoms with Crippen LogP contribution in [0.1, 0.15) is 24.0 Å². The van der Waals surface area contributed by atoms with E-state index in [9.17, 15) is 0 Å². The van der Waals surface area contributed by atoms with Crippen LogP contribution in [0.2, 0.25) is 0 Å². The summed E-state index contributed by atoms with van der Waals surface area (Å²) < 4.78 is 5.05. The molecule has 0 unspecified atom stereocenters. The van der Waals surface area contributed by atoms with Gasteiger partial charge in [-0.05, 0) is 36.9 Å². The van der Waals surface area contributed by atoms with Crippen LogP contribution in [-0.4, -0.2) is 13.7 Å². The van der Waals surface area contributed by atoms with Crippen LogP contribution in [0.15, 0.2) is 24.3 Å². The molecule has 0 heterocycles. The number of ether oxygens (including phenoxy) is 1. The first-order chi connectivity index (χ1) is 6.86. The predicted octanol–water partition coefficient (Wildman–Crippen LogP) is 2.11. The van der Waals surface area contributed by atoms with Gasteiger partial charge in [-0.1, -0.05) is 24.3 Å². The van der Waals surface area contributed by atoms with E-state index in [-0.39, 0.29) is 0 Å². The zero-order valence-electron chi connectivity index (χ0n) is 8.83. The Kier molecular flexibility index (Phi) is 5.27. The Morgan fingerprint density at radius 1 is 1.07 bits per heavy atom. The van der Waals surface area contributed by atoms with Crippen LogP contribution in [0, 0.1) is 0 Å². The van der Waals surface area contributed by atoms with E-state index in [4.69, 9.17) is 10.5 Å². The molecule has 0 spiro atoms. The van der Waals surface area contributed by atoms with Crippen molar-refractivity contribution in [3.63, 3.8) is 0 Å². The van der Waals surface area contributed by atoms with E-state index in [0.717, 1.165) is 19.4 Å². The monoisotopic (exact) mass is 193 g/mol. The van der Waals surface area contributed by atoms with E-state index in [2.05, 4.69) is 24.3 Å². The highest BCUT2D eigenvalue weighted by Crippen LogP contribution is 2.08. The summed E-state index contributed by atoms with van der Waals surface area (Å²) in [5.41, 5.74) is 8.06. The lowest BCUT2D eigenvalue weighted by Gasteiger charge is -2.03. The third-order valence-corrected chi connectivity index (χ3v) is 2.25. The second kappa shape index (κ2) is 6.57. The van der Waals surface area contributed by atoms with Crippen LogP contribution in [0.3, 0.4) is 0 Å². The Hall–Kier alpha value is -0.860. The zero-order chi connectivity index (χ0) is 10.2. The number of rotatable bonds is 6. The van der Waals surface area contributed by atoms with Gasteiger partial charge in [-0.3, -0.25) is 0 Å². The highest BCUT2D eigenvalue weighted by molar-refractivity contribution is 5.22. The van der Waals surface area contributed by atoms with Crippen molar-refractivity contribution in [1.29, 1.82) is 0 Å². The molecule has 78 valence electrons. The molecule has 14 heavy (non-hydrogen) atoms. The molecule has 1 aromatic carbocycles. The second-order valence-electron chi connectivity index (χ2n) is 3.50. The van der Waals surface area contributed by atoms with Crippen LogP contribution < -0.4 is 5.73 Å². The molecule has 2 nitrogen and oxygen atoms in total. The van der Waals surface area contributed by atoms with Crippen molar-refractivity contribution in [2.24, 2.45) is 5.73 Å². The van der Waals surface area contributed by atoms with Crippen molar-refractivity contribution >= 4 is 0 Å². The lowest BCUT2D eigenvalue weighted by Crippen LogP contribution is -1.99. The minimum Gasteiger partial charge on any atom is -0.380 e. The van der Waals surface area contributed by atoms with E-state index in [1.54, 1.807) is 7.11 Å². The highest BCUT2D eigenvalue weighted by Gasteiger charge is 1.94. The molecule has 0 saturated carbocycles. The number of hydrogen-bond donors (Lipinski definition) is 1. The van der Waals surface area contributed by atoms with Crippen molar-refractivity contribution in [2.75, 3.05) is 13.7 Å². The molecule has 2 heteroatoms. The van der Waals surface area contributed by atoms with E-state index in [1.807, 2.05) is 0 Å². The first-order valence-electron chi connectivity index (χ1n) is 5.13. The maximum atomic E-state index is 5.44. The summed E-state index contributed by atoms with van der Waals surface area (Å²) in [5, 5.41) is 0. The Balaban J connectivity index is 2.38. The van der Waals surface area contributed by atoms with Crippen molar-refractivity contribution in [3.8, 4) is 0 Å². The molecule has 0 bridgehead atoms. The Morgan fingerprint density at radius 2 is 1.71 bits per heavy atom. The third kappa shape index (κ3) is 3.90. The Morgan fingerprint density at radius 3 is 2.29 bits per heavy atom. The summed E-state index contributed by atoms with van der Waals surface area (Å²) in [6.45, 7) is 1.49. The number of unbranched alkanes of at least 4 members (excludes halogenated alkanes) is 1. The summed E-state index contributed by atoms with van der Waals surface area (Å²) in [4.78, 5) is 0. The van der Waals surface area contributed by atoms with E-state index in [0.29, 0.717) is 6.61 Å². The van der Waals surface area contributed by atoms with Crippen LogP contribution in [0.5, 0.6) is 0 Å². The quantitative estimate of drug-likeness (QED) is 0.702. The molecule has 1 aromatic rings. The maximum absolute atomic E-state index is 5.44. The lowest BCUT2D eigenvalue weighted by atomic mass is 10.1. The Bertz CT molecular complexity index is 243. The Labute approximate surface area is 86.1 Å². The van der Waals surface area contributed by atoms with Crippen molar-refractivity contribution in [3.05, 3.63) is 35.4 Å². The molecule has 0 saturated heterocycles. The SMILES string of the molecule is COCc1ccc(CCCCN)cc1. The minimum atomic E-state index is 0.697. The first-order valence-corrected chi connectivity index (χ1v) is 5.13. The number of benzene rings is 1.